The van der Waals surface area contributed by atoms with Gasteiger partial charge in [0, 0.05) is 18.3 Å². The van der Waals surface area contributed by atoms with Crippen molar-refractivity contribution >= 4 is 11.9 Å². The second kappa shape index (κ2) is 6.48. The molecule has 2 atom stereocenters. The van der Waals surface area contributed by atoms with Gasteiger partial charge in [-0.15, -0.1) is 0 Å². The Morgan fingerprint density at radius 2 is 1.91 bits per heavy atom. The molecule has 0 saturated carbocycles. The summed E-state index contributed by atoms with van der Waals surface area (Å²) in [6, 6.07) is 13.7. The number of rotatable bonds is 4. The van der Waals surface area contributed by atoms with Crippen LogP contribution in [0.4, 0.5) is 5.69 Å². The third kappa shape index (κ3) is 3.48. The number of benzene rings is 2. The van der Waals surface area contributed by atoms with Gasteiger partial charge in [0.1, 0.15) is 6.61 Å². The highest BCUT2D eigenvalue weighted by atomic mass is 16.6. The normalized spacial score (nSPS) is 17.9. The molecule has 2 aromatic rings. The summed E-state index contributed by atoms with van der Waals surface area (Å²) >= 11 is 0. The lowest BCUT2D eigenvalue weighted by Gasteiger charge is -2.28. The van der Waals surface area contributed by atoms with E-state index in [9.17, 15) is 10.1 Å². The van der Waals surface area contributed by atoms with Crippen molar-refractivity contribution in [1.82, 2.24) is 0 Å². The van der Waals surface area contributed by atoms with Crippen LogP contribution < -0.4 is 9.47 Å². The third-order valence-corrected chi connectivity index (χ3v) is 3.63. The van der Waals surface area contributed by atoms with Crippen LogP contribution in [-0.2, 0) is 0 Å². The molecule has 3 rings (SSSR count). The van der Waals surface area contributed by atoms with Crippen LogP contribution in [0.3, 0.4) is 0 Å². The van der Waals surface area contributed by atoms with Crippen molar-refractivity contribution in [2.45, 2.75) is 19.1 Å². The van der Waals surface area contributed by atoms with E-state index < -0.39 is 4.92 Å². The number of nitro groups is 1. The molecule has 1 aliphatic heterocycles. The summed E-state index contributed by atoms with van der Waals surface area (Å²) in [5.41, 5.74) is 0.871. The summed E-state index contributed by atoms with van der Waals surface area (Å²) in [5.74, 6) is 1.47. The fourth-order valence-electron chi connectivity index (χ4n) is 2.26. The summed E-state index contributed by atoms with van der Waals surface area (Å²) in [7, 11) is 0. The van der Waals surface area contributed by atoms with Crippen LogP contribution in [0.15, 0.2) is 53.5 Å². The molecule has 0 spiro atoms. The van der Waals surface area contributed by atoms with Crippen molar-refractivity contribution in [3.8, 4) is 11.5 Å². The van der Waals surface area contributed by atoms with E-state index in [-0.39, 0.29) is 17.8 Å². The van der Waals surface area contributed by atoms with Crippen LogP contribution in [0.25, 0.3) is 0 Å². The van der Waals surface area contributed by atoms with Gasteiger partial charge in [-0.25, -0.2) is 0 Å². The predicted molar refractivity (Wildman–Crippen MR) is 86.5 cm³/mol. The number of non-ortho nitro benzene ring substituents is 1. The molecule has 0 saturated heterocycles. The van der Waals surface area contributed by atoms with Gasteiger partial charge in [0.15, 0.2) is 17.6 Å². The van der Waals surface area contributed by atoms with Gasteiger partial charge in [-0.3, -0.25) is 15.1 Å². The molecule has 0 radical (unpaired) electrons. The Labute approximate surface area is 133 Å². The number of ether oxygens (including phenoxy) is 2. The minimum Gasteiger partial charge on any atom is -0.486 e. The lowest BCUT2D eigenvalue weighted by atomic mass is 10.1. The van der Waals surface area contributed by atoms with Crippen LogP contribution >= 0.6 is 0 Å². The lowest BCUT2D eigenvalue weighted by molar-refractivity contribution is -0.384. The van der Waals surface area contributed by atoms with Gasteiger partial charge in [-0.05, 0) is 36.8 Å². The molecule has 2 aromatic carbocycles. The smallest absolute Gasteiger partial charge is 0.269 e. The monoisotopic (exact) mass is 312 g/mol. The third-order valence-electron chi connectivity index (χ3n) is 3.63. The van der Waals surface area contributed by atoms with Gasteiger partial charge in [-0.2, -0.15) is 0 Å². The van der Waals surface area contributed by atoms with Crippen molar-refractivity contribution in [2.24, 2.45) is 4.99 Å². The fourth-order valence-corrected chi connectivity index (χ4v) is 2.26. The average Bonchev–Trinajstić information content (AvgIpc) is 2.59. The second-order valence-corrected chi connectivity index (χ2v) is 5.28. The fraction of sp³-hybridized carbons (Fsp3) is 0.235. The maximum absolute atomic E-state index is 10.6. The first kappa shape index (κ1) is 15.0. The molecule has 6 heteroatoms. The lowest BCUT2D eigenvalue weighted by Crippen LogP contribution is -2.37. The maximum atomic E-state index is 10.6. The second-order valence-electron chi connectivity index (χ2n) is 5.28. The predicted octanol–water partition coefficient (Wildman–Crippen LogP) is 3.24. The zero-order chi connectivity index (χ0) is 16.2. The van der Waals surface area contributed by atoms with Crippen LogP contribution in [-0.4, -0.2) is 29.9 Å². The van der Waals surface area contributed by atoms with Crippen LogP contribution in [0.2, 0.25) is 0 Å². The molecule has 1 aliphatic rings. The van der Waals surface area contributed by atoms with Gasteiger partial charge in [0.25, 0.3) is 5.69 Å². The number of fused-ring (bicyclic) bond motifs is 1. The zero-order valence-electron chi connectivity index (χ0n) is 12.6. The number of nitrogens with zero attached hydrogens (tertiary/aromatic N) is 2. The number of para-hydroxylation sites is 2. The van der Waals surface area contributed by atoms with Crippen LogP contribution in [0.5, 0.6) is 11.5 Å². The molecule has 0 bridgehead atoms. The average molecular weight is 312 g/mol. The highest BCUT2D eigenvalue weighted by Crippen LogP contribution is 2.31. The molecule has 23 heavy (non-hydrogen) atoms. The molecule has 118 valence electrons. The molecule has 0 aromatic heterocycles. The molecule has 1 heterocycles. The van der Waals surface area contributed by atoms with Gasteiger partial charge in [0.2, 0.25) is 0 Å². The first-order valence-corrected chi connectivity index (χ1v) is 7.29. The van der Waals surface area contributed by atoms with E-state index in [1.54, 1.807) is 18.3 Å². The molecular formula is C17H16N2O4. The number of hydrogen-bond donors (Lipinski definition) is 0. The highest BCUT2D eigenvalue weighted by molar-refractivity contribution is 5.80. The summed E-state index contributed by atoms with van der Waals surface area (Å²) < 4.78 is 11.6. The number of hydrogen-bond acceptors (Lipinski definition) is 5. The Bertz CT molecular complexity index is 728. The van der Waals surface area contributed by atoms with Gasteiger partial charge >= 0.3 is 0 Å². The van der Waals surface area contributed by atoms with E-state index in [4.69, 9.17) is 9.47 Å². The first-order chi connectivity index (χ1) is 11.1. The van der Waals surface area contributed by atoms with E-state index >= 15 is 0 Å². The number of aliphatic imine (C=N–C) groups is 1. The molecule has 0 N–H and O–H groups in total. The van der Waals surface area contributed by atoms with E-state index in [0.717, 1.165) is 17.1 Å². The first-order valence-electron chi connectivity index (χ1n) is 7.29. The number of nitro benzene ring substituents is 1. The van der Waals surface area contributed by atoms with Crippen molar-refractivity contribution in [3.05, 3.63) is 64.2 Å². The summed E-state index contributed by atoms with van der Waals surface area (Å²) in [6.45, 7) is 2.39. The van der Waals surface area contributed by atoms with E-state index in [0.29, 0.717) is 6.61 Å². The minimum atomic E-state index is -0.422. The van der Waals surface area contributed by atoms with Crippen molar-refractivity contribution in [3.63, 3.8) is 0 Å². The quantitative estimate of drug-likeness (QED) is 0.493. The Morgan fingerprint density at radius 3 is 2.61 bits per heavy atom. The van der Waals surface area contributed by atoms with Crippen molar-refractivity contribution in [2.75, 3.05) is 6.61 Å². The summed E-state index contributed by atoms with van der Waals surface area (Å²) in [6.07, 6.45) is 1.53. The van der Waals surface area contributed by atoms with E-state index in [1.165, 1.54) is 12.1 Å². The Morgan fingerprint density at radius 1 is 1.22 bits per heavy atom. The molecule has 0 fully saturated rings. The van der Waals surface area contributed by atoms with Crippen LogP contribution in [0.1, 0.15) is 12.5 Å². The summed E-state index contributed by atoms with van der Waals surface area (Å²) in [4.78, 5) is 14.7. The zero-order valence-corrected chi connectivity index (χ0v) is 12.6. The molecule has 0 aliphatic carbocycles. The van der Waals surface area contributed by atoms with Crippen molar-refractivity contribution in [1.29, 1.82) is 0 Å². The standard InChI is InChI=1S/C17H16N2O4/c1-12(17-11-22-15-4-2-3-5-16(15)23-17)18-10-13-6-8-14(9-7-13)19(20)21/h2-10,12,17H,11H2,1H3. The topological polar surface area (TPSA) is 74.0 Å². The molecule has 2 unspecified atom stereocenters. The van der Waals surface area contributed by atoms with Gasteiger partial charge < -0.3 is 9.47 Å². The van der Waals surface area contributed by atoms with Crippen LogP contribution in [0, 0.1) is 10.1 Å². The minimum absolute atomic E-state index is 0.0656. The van der Waals surface area contributed by atoms with E-state index in [2.05, 4.69) is 4.99 Å². The largest absolute Gasteiger partial charge is 0.486 e. The molecular weight excluding hydrogens is 296 g/mol. The SMILES string of the molecule is CC(N=Cc1ccc([N+](=O)[O-])cc1)C1COc2ccccc2O1. The Balaban J connectivity index is 1.65. The van der Waals surface area contributed by atoms with Gasteiger partial charge in [-0.1, -0.05) is 12.1 Å². The Kier molecular flexibility index (Phi) is 4.23. The maximum Gasteiger partial charge on any atom is 0.269 e. The molecule has 6 nitrogen and oxygen atoms in total. The molecule has 0 amide bonds. The summed E-state index contributed by atoms with van der Waals surface area (Å²) in [5, 5.41) is 10.6. The van der Waals surface area contributed by atoms with Gasteiger partial charge in [0.05, 0.1) is 11.0 Å². The Hall–Kier alpha value is -2.89. The van der Waals surface area contributed by atoms with E-state index in [1.807, 2.05) is 31.2 Å². The highest BCUT2D eigenvalue weighted by Gasteiger charge is 2.25. The van der Waals surface area contributed by atoms with Crippen molar-refractivity contribution < 1.29 is 14.4 Å².